The van der Waals surface area contributed by atoms with E-state index in [9.17, 15) is 0 Å². The van der Waals surface area contributed by atoms with E-state index in [0.717, 1.165) is 6.54 Å². The third-order valence-corrected chi connectivity index (χ3v) is 2.16. The third-order valence-electron chi connectivity index (χ3n) is 2.16. The van der Waals surface area contributed by atoms with Crippen molar-refractivity contribution in [1.82, 2.24) is 9.78 Å². The van der Waals surface area contributed by atoms with Gasteiger partial charge in [0.25, 0.3) is 0 Å². The number of hydrogen-bond donors (Lipinski definition) is 1. The highest BCUT2D eigenvalue weighted by atomic mass is 15.3. The zero-order valence-electron chi connectivity index (χ0n) is 8.14. The predicted octanol–water partition coefficient (Wildman–Crippen LogP) is 1.82. The first-order chi connectivity index (χ1) is 6.75. The normalized spacial score (nSPS) is 10.4. The first kappa shape index (κ1) is 8.81. The summed E-state index contributed by atoms with van der Waals surface area (Å²) >= 11 is 0. The van der Waals surface area contributed by atoms with Gasteiger partial charge in [-0.3, -0.25) is 0 Å². The van der Waals surface area contributed by atoms with Crippen LogP contribution in [0.15, 0.2) is 36.5 Å². The van der Waals surface area contributed by atoms with Crippen LogP contribution >= 0.6 is 0 Å². The average molecular weight is 187 g/mol. The Bertz CT molecular complexity index is 432. The maximum Gasteiger partial charge on any atom is 0.122 e. The molecule has 1 aromatic carbocycles. The number of anilines is 1. The first-order valence-electron chi connectivity index (χ1n) is 4.58. The fourth-order valence-electron chi connectivity index (χ4n) is 1.46. The van der Waals surface area contributed by atoms with Gasteiger partial charge < -0.3 is 5.73 Å². The second-order valence-corrected chi connectivity index (χ2v) is 3.40. The number of aromatic nitrogens is 2. The third kappa shape index (κ3) is 1.76. The summed E-state index contributed by atoms with van der Waals surface area (Å²) in [5, 5.41) is 4.13. The van der Waals surface area contributed by atoms with Gasteiger partial charge in [-0.1, -0.05) is 29.8 Å². The number of benzene rings is 1. The standard InChI is InChI=1S/C11H13N3/c1-9-3-2-4-10(7-9)8-14-11(12)5-6-13-14/h2-7H,8,12H2,1H3. The molecule has 1 aromatic heterocycles. The Kier molecular flexibility index (Phi) is 2.23. The molecule has 0 atom stereocenters. The van der Waals surface area contributed by atoms with Crippen LogP contribution in [0, 0.1) is 6.92 Å². The summed E-state index contributed by atoms with van der Waals surface area (Å²) in [6, 6.07) is 10.1. The summed E-state index contributed by atoms with van der Waals surface area (Å²) in [6.45, 7) is 2.82. The molecule has 2 aromatic rings. The lowest BCUT2D eigenvalue weighted by Crippen LogP contribution is -2.05. The lowest BCUT2D eigenvalue weighted by Gasteiger charge is -2.04. The molecule has 0 radical (unpaired) electrons. The summed E-state index contributed by atoms with van der Waals surface area (Å²) in [7, 11) is 0. The topological polar surface area (TPSA) is 43.8 Å². The van der Waals surface area contributed by atoms with Crippen molar-refractivity contribution in [2.24, 2.45) is 0 Å². The Morgan fingerprint density at radius 2 is 2.21 bits per heavy atom. The Hall–Kier alpha value is -1.77. The molecular weight excluding hydrogens is 174 g/mol. The van der Waals surface area contributed by atoms with E-state index in [4.69, 9.17) is 5.73 Å². The molecule has 2 rings (SSSR count). The van der Waals surface area contributed by atoms with Crippen molar-refractivity contribution in [1.29, 1.82) is 0 Å². The number of nitrogens with two attached hydrogens (primary N) is 1. The predicted molar refractivity (Wildman–Crippen MR) is 56.9 cm³/mol. The fourth-order valence-corrected chi connectivity index (χ4v) is 1.46. The minimum atomic E-state index is 0.700. The molecule has 3 nitrogen and oxygen atoms in total. The van der Waals surface area contributed by atoms with Gasteiger partial charge in [-0.15, -0.1) is 0 Å². The van der Waals surface area contributed by atoms with Crippen LogP contribution < -0.4 is 5.73 Å². The molecule has 72 valence electrons. The van der Waals surface area contributed by atoms with Gasteiger partial charge in [-0.05, 0) is 18.6 Å². The molecule has 0 aliphatic rings. The zero-order chi connectivity index (χ0) is 9.97. The molecule has 0 aliphatic carbocycles. The minimum Gasteiger partial charge on any atom is -0.384 e. The van der Waals surface area contributed by atoms with Gasteiger partial charge in [0.2, 0.25) is 0 Å². The van der Waals surface area contributed by atoms with E-state index in [0.29, 0.717) is 5.82 Å². The van der Waals surface area contributed by atoms with Gasteiger partial charge in [0, 0.05) is 0 Å². The van der Waals surface area contributed by atoms with E-state index >= 15 is 0 Å². The molecule has 0 bridgehead atoms. The van der Waals surface area contributed by atoms with E-state index < -0.39 is 0 Å². The molecule has 14 heavy (non-hydrogen) atoms. The number of hydrogen-bond acceptors (Lipinski definition) is 2. The summed E-state index contributed by atoms with van der Waals surface area (Å²) < 4.78 is 1.79. The smallest absolute Gasteiger partial charge is 0.122 e. The largest absolute Gasteiger partial charge is 0.384 e. The summed E-state index contributed by atoms with van der Waals surface area (Å²) in [6.07, 6.45) is 1.71. The van der Waals surface area contributed by atoms with Gasteiger partial charge in [-0.2, -0.15) is 5.10 Å². The molecule has 1 heterocycles. The average Bonchev–Trinajstić information content (AvgIpc) is 2.52. The molecule has 0 amide bonds. The quantitative estimate of drug-likeness (QED) is 0.779. The minimum absolute atomic E-state index is 0.700. The fraction of sp³-hybridized carbons (Fsp3) is 0.182. The van der Waals surface area contributed by atoms with Crippen molar-refractivity contribution in [3.05, 3.63) is 47.7 Å². The van der Waals surface area contributed by atoms with Crippen LogP contribution in [0.5, 0.6) is 0 Å². The van der Waals surface area contributed by atoms with Crippen LogP contribution in [-0.4, -0.2) is 9.78 Å². The Morgan fingerprint density at radius 3 is 2.86 bits per heavy atom. The SMILES string of the molecule is Cc1cccc(Cn2nccc2N)c1. The molecule has 0 saturated heterocycles. The molecule has 0 saturated carbocycles. The van der Waals surface area contributed by atoms with Crippen molar-refractivity contribution in [2.45, 2.75) is 13.5 Å². The van der Waals surface area contributed by atoms with Crippen molar-refractivity contribution in [3.63, 3.8) is 0 Å². The highest BCUT2D eigenvalue weighted by molar-refractivity contribution is 5.29. The maximum atomic E-state index is 5.73. The highest BCUT2D eigenvalue weighted by Gasteiger charge is 1.98. The summed E-state index contributed by atoms with van der Waals surface area (Å²) in [5.74, 6) is 0.700. The van der Waals surface area contributed by atoms with E-state index in [2.05, 4.69) is 30.2 Å². The van der Waals surface area contributed by atoms with Gasteiger partial charge >= 0.3 is 0 Å². The zero-order valence-corrected chi connectivity index (χ0v) is 8.14. The molecule has 0 unspecified atom stereocenters. The van der Waals surface area contributed by atoms with E-state index in [1.807, 2.05) is 6.07 Å². The van der Waals surface area contributed by atoms with Crippen molar-refractivity contribution in [3.8, 4) is 0 Å². The van der Waals surface area contributed by atoms with Gasteiger partial charge in [0.05, 0.1) is 12.7 Å². The van der Waals surface area contributed by atoms with E-state index in [-0.39, 0.29) is 0 Å². The van der Waals surface area contributed by atoms with Crippen LogP contribution in [0.25, 0.3) is 0 Å². The molecule has 3 heteroatoms. The monoisotopic (exact) mass is 187 g/mol. The van der Waals surface area contributed by atoms with Crippen LogP contribution in [0.2, 0.25) is 0 Å². The van der Waals surface area contributed by atoms with Crippen molar-refractivity contribution < 1.29 is 0 Å². The van der Waals surface area contributed by atoms with E-state index in [1.165, 1.54) is 11.1 Å². The van der Waals surface area contributed by atoms with Crippen molar-refractivity contribution >= 4 is 5.82 Å². The Morgan fingerprint density at radius 1 is 1.36 bits per heavy atom. The van der Waals surface area contributed by atoms with E-state index in [1.54, 1.807) is 16.9 Å². The molecule has 0 spiro atoms. The first-order valence-corrected chi connectivity index (χ1v) is 4.58. The lowest BCUT2D eigenvalue weighted by atomic mass is 10.1. The van der Waals surface area contributed by atoms with Gasteiger partial charge in [-0.25, -0.2) is 4.68 Å². The number of rotatable bonds is 2. The molecule has 2 N–H and O–H groups in total. The Labute approximate surface area is 83.2 Å². The second kappa shape index (κ2) is 3.54. The molecule has 0 fully saturated rings. The highest BCUT2D eigenvalue weighted by Crippen LogP contribution is 2.08. The second-order valence-electron chi connectivity index (χ2n) is 3.40. The van der Waals surface area contributed by atoms with Crippen LogP contribution in [0.1, 0.15) is 11.1 Å². The Balaban J connectivity index is 2.23. The number of aryl methyl sites for hydroxylation is 1. The summed E-state index contributed by atoms with van der Waals surface area (Å²) in [4.78, 5) is 0. The molecule has 0 aliphatic heterocycles. The van der Waals surface area contributed by atoms with Gasteiger partial charge in [0.15, 0.2) is 0 Å². The van der Waals surface area contributed by atoms with Crippen molar-refractivity contribution in [2.75, 3.05) is 5.73 Å². The summed E-state index contributed by atoms with van der Waals surface area (Å²) in [5.41, 5.74) is 8.21. The number of nitrogens with zero attached hydrogens (tertiary/aromatic N) is 2. The van der Waals surface area contributed by atoms with Crippen LogP contribution in [-0.2, 0) is 6.54 Å². The number of nitrogen functional groups attached to an aromatic ring is 1. The maximum absolute atomic E-state index is 5.73. The van der Waals surface area contributed by atoms with Crippen LogP contribution in [0.3, 0.4) is 0 Å². The molecular formula is C11H13N3. The van der Waals surface area contributed by atoms with Crippen LogP contribution in [0.4, 0.5) is 5.82 Å². The lowest BCUT2D eigenvalue weighted by molar-refractivity contribution is 0.697. The van der Waals surface area contributed by atoms with Gasteiger partial charge in [0.1, 0.15) is 5.82 Å².